The van der Waals surface area contributed by atoms with Crippen molar-refractivity contribution in [1.82, 2.24) is 20.1 Å². The summed E-state index contributed by atoms with van der Waals surface area (Å²) in [5, 5.41) is 18.8. The zero-order valence-corrected chi connectivity index (χ0v) is 16.5. The Kier molecular flexibility index (Phi) is 4.26. The van der Waals surface area contributed by atoms with Gasteiger partial charge >= 0.3 is 0 Å². The summed E-state index contributed by atoms with van der Waals surface area (Å²) in [6.07, 6.45) is 2.60. The van der Waals surface area contributed by atoms with Gasteiger partial charge in [-0.1, -0.05) is 18.2 Å². The molecule has 0 radical (unpaired) electrons. The van der Waals surface area contributed by atoms with Gasteiger partial charge in [0.2, 0.25) is 0 Å². The Morgan fingerprint density at radius 3 is 2.76 bits per heavy atom. The fraction of sp³-hybridized carbons (Fsp3) is 0.261. The van der Waals surface area contributed by atoms with Gasteiger partial charge < -0.3 is 15.4 Å². The molecule has 0 atom stereocenters. The van der Waals surface area contributed by atoms with Gasteiger partial charge in [-0.2, -0.15) is 5.10 Å². The second-order valence-corrected chi connectivity index (χ2v) is 7.67. The lowest BCUT2D eigenvalue weighted by Crippen LogP contribution is -2.23. The minimum Gasteiger partial charge on any atom is -0.392 e. The first-order valence-corrected chi connectivity index (χ1v) is 9.88. The summed E-state index contributed by atoms with van der Waals surface area (Å²) >= 11 is 0. The van der Waals surface area contributed by atoms with Gasteiger partial charge in [0.25, 0.3) is 0 Å². The molecule has 5 rings (SSSR count). The third kappa shape index (κ3) is 2.71. The molecule has 0 saturated carbocycles. The van der Waals surface area contributed by atoms with E-state index in [0.717, 1.165) is 57.6 Å². The number of fused-ring (bicyclic) bond motifs is 2. The number of para-hydroxylation sites is 1. The summed E-state index contributed by atoms with van der Waals surface area (Å²) in [6.45, 7) is 5.42. The van der Waals surface area contributed by atoms with Crippen molar-refractivity contribution in [3.8, 4) is 16.9 Å². The van der Waals surface area contributed by atoms with Crippen molar-refractivity contribution in [1.29, 1.82) is 0 Å². The molecule has 3 N–H and O–H groups in total. The molecule has 4 aromatic rings. The minimum absolute atomic E-state index is 0.218. The first kappa shape index (κ1) is 18.1. The lowest BCUT2D eigenvalue weighted by Gasteiger charge is -2.17. The number of aliphatic hydroxyl groups is 1. The molecule has 0 saturated heterocycles. The molecule has 2 aromatic carbocycles. The molecule has 5 nitrogen and oxygen atoms in total. The van der Waals surface area contributed by atoms with Crippen LogP contribution in [0, 0.1) is 19.7 Å². The maximum absolute atomic E-state index is 15.5. The fourth-order valence-electron chi connectivity index (χ4n) is 4.50. The molecular formula is C23H23FN4O. The summed E-state index contributed by atoms with van der Waals surface area (Å²) in [5.74, 6) is -0.345. The standard InChI is InChI=1S/C23H23FN4O/c1-13-4-3-5-14(2)22(13)28-23(17-11-25-8-7-19(17)27-28)20-16-6-9-26-21(16)15(12-29)10-18(20)24/h3-6,9-10,25-26,29H,7-8,11-12H2,1-2H3. The predicted molar refractivity (Wildman–Crippen MR) is 112 cm³/mol. The molecular weight excluding hydrogens is 367 g/mol. The number of hydrogen-bond acceptors (Lipinski definition) is 3. The van der Waals surface area contributed by atoms with Crippen molar-refractivity contribution in [3.05, 3.63) is 70.3 Å². The van der Waals surface area contributed by atoms with Gasteiger partial charge in [0.1, 0.15) is 5.82 Å². The average Bonchev–Trinajstić information content (AvgIpc) is 3.33. The van der Waals surface area contributed by atoms with Crippen molar-refractivity contribution in [2.45, 2.75) is 33.4 Å². The van der Waals surface area contributed by atoms with Gasteiger partial charge in [-0.3, -0.25) is 0 Å². The number of aryl methyl sites for hydroxylation is 2. The molecule has 1 aliphatic heterocycles. The molecule has 2 aromatic heterocycles. The normalized spacial score (nSPS) is 13.8. The lowest BCUT2D eigenvalue weighted by atomic mass is 9.96. The van der Waals surface area contributed by atoms with E-state index in [-0.39, 0.29) is 12.4 Å². The van der Waals surface area contributed by atoms with Gasteiger partial charge in [-0.05, 0) is 37.1 Å². The summed E-state index contributed by atoms with van der Waals surface area (Å²) in [7, 11) is 0. The summed E-state index contributed by atoms with van der Waals surface area (Å²) in [5.41, 5.74) is 7.86. The first-order chi connectivity index (χ1) is 14.1. The number of benzene rings is 2. The number of aromatic nitrogens is 3. The zero-order chi connectivity index (χ0) is 20.1. The number of hydrogen-bond donors (Lipinski definition) is 3. The monoisotopic (exact) mass is 390 g/mol. The van der Waals surface area contributed by atoms with E-state index in [1.807, 2.05) is 16.8 Å². The van der Waals surface area contributed by atoms with Gasteiger partial charge in [0.15, 0.2) is 0 Å². The van der Waals surface area contributed by atoms with Crippen molar-refractivity contribution in [3.63, 3.8) is 0 Å². The fourth-order valence-corrected chi connectivity index (χ4v) is 4.50. The molecule has 0 aliphatic carbocycles. The van der Waals surface area contributed by atoms with Gasteiger partial charge in [-0.15, -0.1) is 0 Å². The average molecular weight is 390 g/mol. The van der Waals surface area contributed by atoms with Gasteiger partial charge in [-0.25, -0.2) is 9.07 Å². The molecule has 0 amide bonds. The molecule has 6 heteroatoms. The Labute approximate surface area is 168 Å². The molecule has 3 heterocycles. The topological polar surface area (TPSA) is 65.9 Å². The molecule has 0 unspecified atom stereocenters. The minimum atomic E-state index is -0.345. The van der Waals surface area contributed by atoms with Crippen LogP contribution < -0.4 is 5.32 Å². The van der Waals surface area contributed by atoms with Crippen LogP contribution in [0.2, 0.25) is 0 Å². The Bertz CT molecular complexity index is 1220. The van der Waals surface area contributed by atoms with Crippen LogP contribution >= 0.6 is 0 Å². The molecule has 0 fully saturated rings. The van der Waals surface area contributed by atoms with Crippen LogP contribution in [0.5, 0.6) is 0 Å². The van der Waals surface area contributed by atoms with E-state index in [2.05, 4.69) is 36.3 Å². The van der Waals surface area contributed by atoms with Crippen LogP contribution in [0.1, 0.15) is 27.9 Å². The third-order valence-electron chi connectivity index (χ3n) is 5.84. The molecule has 0 bridgehead atoms. The predicted octanol–water partition coefficient (Wildman–Crippen LogP) is 3.91. The Balaban J connectivity index is 1.90. The highest BCUT2D eigenvalue weighted by Gasteiger charge is 2.27. The van der Waals surface area contributed by atoms with Crippen LogP contribution in [0.4, 0.5) is 4.39 Å². The van der Waals surface area contributed by atoms with Crippen molar-refractivity contribution in [2.24, 2.45) is 0 Å². The largest absolute Gasteiger partial charge is 0.392 e. The number of nitrogens with zero attached hydrogens (tertiary/aromatic N) is 2. The van der Waals surface area contributed by atoms with Crippen molar-refractivity contribution < 1.29 is 9.50 Å². The summed E-state index contributed by atoms with van der Waals surface area (Å²) in [4.78, 5) is 3.16. The smallest absolute Gasteiger partial charge is 0.133 e. The first-order valence-electron chi connectivity index (χ1n) is 9.88. The van der Waals surface area contributed by atoms with E-state index in [1.54, 1.807) is 6.20 Å². The molecule has 0 spiro atoms. The van der Waals surface area contributed by atoms with E-state index in [9.17, 15) is 5.11 Å². The highest BCUT2D eigenvalue weighted by Crippen LogP contribution is 2.39. The number of aliphatic hydroxyl groups excluding tert-OH is 1. The maximum atomic E-state index is 15.5. The van der Waals surface area contributed by atoms with E-state index < -0.39 is 0 Å². The molecule has 29 heavy (non-hydrogen) atoms. The van der Waals surface area contributed by atoms with Crippen LogP contribution in [0.3, 0.4) is 0 Å². The van der Waals surface area contributed by atoms with E-state index >= 15 is 4.39 Å². The molecule has 148 valence electrons. The Hall–Kier alpha value is -2.96. The van der Waals surface area contributed by atoms with Crippen LogP contribution in [0.25, 0.3) is 27.8 Å². The van der Waals surface area contributed by atoms with Crippen molar-refractivity contribution >= 4 is 10.9 Å². The van der Waals surface area contributed by atoms with E-state index in [4.69, 9.17) is 5.10 Å². The maximum Gasteiger partial charge on any atom is 0.133 e. The highest BCUT2D eigenvalue weighted by atomic mass is 19.1. The van der Waals surface area contributed by atoms with Gasteiger partial charge in [0, 0.05) is 47.8 Å². The lowest BCUT2D eigenvalue weighted by molar-refractivity contribution is 0.282. The number of halogens is 1. The van der Waals surface area contributed by atoms with Crippen LogP contribution in [-0.4, -0.2) is 26.4 Å². The number of rotatable bonds is 3. The molecule has 1 aliphatic rings. The van der Waals surface area contributed by atoms with Crippen molar-refractivity contribution in [2.75, 3.05) is 6.54 Å². The zero-order valence-electron chi connectivity index (χ0n) is 16.5. The summed E-state index contributed by atoms with van der Waals surface area (Å²) in [6, 6.07) is 9.44. The second kappa shape index (κ2) is 6.83. The Morgan fingerprint density at radius 1 is 1.21 bits per heavy atom. The second-order valence-electron chi connectivity index (χ2n) is 7.67. The SMILES string of the molecule is Cc1cccc(C)c1-n1nc2c(c1-c1c(F)cc(CO)c3[nH]ccc13)CNCC2. The third-order valence-corrected chi connectivity index (χ3v) is 5.84. The number of aromatic amines is 1. The quantitative estimate of drug-likeness (QED) is 0.497. The number of nitrogens with one attached hydrogen (secondary N) is 2. The number of H-pyrrole nitrogens is 1. The van der Waals surface area contributed by atoms with Gasteiger partial charge in [0.05, 0.1) is 29.2 Å². The Morgan fingerprint density at radius 2 is 2.00 bits per heavy atom. The van der Waals surface area contributed by atoms with Crippen LogP contribution in [-0.2, 0) is 19.6 Å². The van der Waals surface area contributed by atoms with E-state index in [0.29, 0.717) is 17.7 Å². The highest BCUT2D eigenvalue weighted by molar-refractivity contribution is 5.97. The van der Waals surface area contributed by atoms with Crippen LogP contribution in [0.15, 0.2) is 36.5 Å². The van der Waals surface area contributed by atoms with E-state index in [1.165, 1.54) is 6.07 Å². The summed E-state index contributed by atoms with van der Waals surface area (Å²) < 4.78 is 17.4.